The Morgan fingerprint density at radius 2 is 1.75 bits per heavy atom. The molecule has 0 bridgehead atoms. The summed E-state index contributed by atoms with van der Waals surface area (Å²) in [6, 6.07) is 7.77. The number of hydrogen-bond donors (Lipinski definition) is 2. The summed E-state index contributed by atoms with van der Waals surface area (Å²) in [4.78, 5) is 0. The van der Waals surface area contributed by atoms with Crippen LogP contribution in [0, 0.1) is 5.92 Å². The van der Waals surface area contributed by atoms with Crippen molar-refractivity contribution in [1.29, 1.82) is 0 Å². The van der Waals surface area contributed by atoms with Crippen LogP contribution in [-0.4, -0.2) is 11.7 Å². The highest BCUT2D eigenvalue weighted by Crippen LogP contribution is 2.16. The Bertz CT molecular complexity index is 292. The Kier molecular flexibility index (Phi) is 5.33. The molecule has 0 saturated heterocycles. The summed E-state index contributed by atoms with van der Waals surface area (Å²) < 4.78 is 0. The van der Waals surface area contributed by atoms with E-state index in [1.54, 1.807) is 12.1 Å². The minimum absolute atomic E-state index is 0.329. The summed E-state index contributed by atoms with van der Waals surface area (Å²) in [5.74, 6) is 1.11. The standard InChI is InChI=1S/C14H23NO/c1-11(2)5-4-10-15-12(3)13-6-8-14(16)9-7-13/h6-9,11-12,15-16H,4-5,10H2,1-3H3. The normalized spacial score (nSPS) is 13.0. The smallest absolute Gasteiger partial charge is 0.115 e. The van der Waals surface area contributed by atoms with Gasteiger partial charge in [0.05, 0.1) is 0 Å². The first-order valence-corrected chi connectivity index (χ1v) is 6.12. The Labute approximate surface area is 98.7 Å². The van der Waals surface area contributed by atoms with Crippen LogP contribution in [0.1, 0.15) is 45.2 Å². The Balaban J connectivity index is 2.29. The van der Waals surface area contributed by atoms with Crippen LogP contribution in [0.4, 0.5) is 0 Å². The van der Waals surface area contributed by atoms with E-state index in [1.807, 2.05) is 12.1 Å². The average molecular weight is 221 g/mol. The minimum atomic E-state index is 0.329. The van der Waals surface area contributed by atoms with Crippen LogP contribution in [0.2, 0.25) is 0 Å². The Morgan fingerprint density at radius 1 is 1.12 bits per heavy atom. The maximum atomic E-state index is 9.19. The molecular formula is C14H23NO. The van der Waals surface area contributed by atoms with Gasteiger partial charge in [0, 0.05) is 6.04 Å². The van der Waals surface area contributed by atoms with E-state index in [1.165, 1.54) is 18.4 Å². The van der Waals surface area contributed by atoms with Crippen molar-refractivity contribution in [3.63, 3.8) is 0 Å². The summed E-state index contributed by atoms with van der Waals surface area (Å²) in [6.07, 6.45) is 2.50. The molecule has 2 nitrogen and oxygen atoms in total. The lowest BCUT2D eigenvalue weighted by Crippen LogP contribution is -2.20. The monoisotopic (exact) mass is 221 g/mol. The molecule has 2 N–H and O–H groups in total. The minimum Gasteiger partial charge on any atom is -0.508 e. The van der Waals surface area contributed by atoms with E-state index < -0.39 is 0 Å². The van der Waals surface area contributed by atoms with E-state index >= 15 is 0 Å². The fourth-order valence-electron chi connectivity index (χ4n) is 1.71. The Morgan fingerprint density at radius 3 is 2.31 bits per heavy atom. The summed E-state index contributed by atoms with van der Waals surface area (Å²) in [6.45, 7) is 7.72. The predicted molar refractivity (Wildman–Crippen MR) is 68.6 cm³/mol. The van der Waals surface area contributed by atoms with Gasteiger partial charge in [0.2, 0.25) is 0 Å². The van der Waals surface area contributed by atoms with Gasteiger partial charge in [-0.1, -0.05) is 26.0 Å². The molecular weight excluding hydrogens is 198 g/mol. The molecule has 0 aliphatic rings. The number of nitrogens with one attached hydrogen (secondary N) is 1. The lowest BCUT2D eigenvalue weighted by Gasteiger charge is -2.14. The van der Waals surface area contributed by atoms with Gasteiger partial charge in [0.1, 0.15) is 5.75 Å². The van der Waals surface area contributed by atoms with Crippen LogP contribution in [0.5, 0.6) is 5.75 Å². The number of hydrogen-bond acceptors (Lipinski definition) is 2. The maximum Gasteiger partial charge on any atom is 0.115 e. The predicted octanol–water partition coefficient (Wildman–Crippen LogP) is 3.48. The van der Waals surface area contributed by atoms with Crippen molar-refractivity contribution in [1.82, 2.24) is 5.32 Å². The molecule has 0 spiro atoms. The molecule has 0 amide bonds. The van der Waals surface area contributed by atoms with Gasteiger partial charge in [-0.2, -0.15) is 0 Å². The highest BCUT2D eigenvalue weighted by Gasteiger charge is 2.04. The maximum absolute atomic E-state index is 9.19. The first kappa shape index (κ1) is 13.0. The molecule has 1 aromatic carbocycles. The van der Waals surface area contributed by atoms with Gasteiger partial charge in [0.15, 0.2) is 0 Å². The second-order valence-electron chi connectivity index (χ2n) is 4.80. The van der Waals surface area contributed by atoms with E-state index in [4.69, 9.17) is 0 Å². The van der Waals surface area contributed by atoms with Crippen LogP contribution in [0.3, 0.4) is 0 Å². The van der Waals surface area contributed by atoms with E-state index in [2.05, 4.69) is 26.1 Å². The molecule has 0 heterocycles. The Hall–Kier alpha value is -1.02. The van der Waals surface area contributed by atoms with Crippen molar-refractivity contribution in [2.24, 2.45) is 5.92 Å². The van der Waals surface area contributed by atoms with Gasteiger partial charge in [0.25, 0.3) is 0 Å². The molecule has 2 heteroatoms. The molecule has 16 heavy (non-hydrogen) atoms. The van der Waals surface area contributed by atoms with Gasteiger partial charge in [-0.05, 0) is 49.9 Å². The lowest BCUT2D eigenvalue weighted by atomic mass is 10.1. The van der Waals surface area contributed by atoms with Crippen molar-refractivity contribution in [2.45, 2.75) is 39.7 Å². The average Bonchev–Trinajstić information content (AvgIpc) is 2.25. The number of phenols is 1. The molecule has 0 fully saturated rings. The molecule has 1 unspecified atom stereocenters. The highest BCUT2D eigenvalue weighted by molar-refractivity contribution is 5.27. The van der Waals surface area contributed by atoms with Crippen LogP contribution in [0.25, 0.3) is 0 Å². The van der Waals surface area contributed by atoms with Gasteiger partial charge in [-0.3, -0.25) is 0 Å². The number of rotatable bonds is 6. The van der Waals surface area contributed by atoms with Gasteiger partial charge in [-0.15, -0.1) is 0 Å². The van der Waals surface area contributed by atoms with E-state index in [-0.39, 0.29) is 0 Å². The van der Waals surface area contributed by atoms with Crippen molar-refractivity contribution in [2.75, 3.05) is 6.54 Å². The first-order valence-electron chi connectivity index (χ1n) is 6.12. The topological polar surface area (TPSA) is 32.3 Å². The third kappa shape index (κ3) is 4.67. The third-order valence-corrected chi connectivity index (χ3v) is 2.80. The van der Waals surface area contributed by atoms with Crippen LogP contribution in [-0.2, 0) is 0 Å². The fraction of sp³-hybridized carbons (Fsp3) is 0.571. The van der Waals surface area contributed by atoms with Crippen molar-refractivity contribution in [3.05, 3.63) is 29.8 Å². The van der Waals surface area contributed by atoms with Crippen LogP contribution in [0.15, 0.2) is 24.3 Å². The molecule has 0 aliphatic heterocycles. The molecule has 90 valence electrons. The van der Waals surface area contributed by atoms with Gasteiger partial charge < -0.3 is 10.4 Å². The van der Waals surface area contributed by atoms with Crippen molar-refractivity contribution in [3.8, 4) is 5.75 Å². The second-order valence-corrected chi connectivity index (χ2v) is 4.80. The van der Waals surface area contributed by atoms with Gasteiger partial charge >= 0.3 is 0 Å². The lowest BCUT2D eigenvalue weighted by molar-refractivity contribution is 0.473. The van der Waals surface area contributed by atoms with E-state index in [0.717, 1.165) is 12.5 Å². The quantitative estimate of drug-likeness (QED) is 0.721. The van der Waals surface area contributed by atoms with Crippen LogP contribution >= 0.6 is 0 Å². The molecule has 0 aliphatic carbocycles. The zero-order chi connectivity index (χ0) is 12.0. The fourth-order valence-corrected chi connectivity index (χ4v) is 1.71. The number of phenolic OH excluding ortho intramolecular Hbond substituents is 1. The first-order chi connectivity index (χ1) is 7.59. The molecule has 1 atom stereocenters. The van der Waals surface area contributed by atoms with E-state index in [0.29, 0.717) is 11.8 Å². The summed E-state index contributed by atoms with van der Waals surface area (Å²) in [7, 11) is 0. The largest absolute Gasteiger partial charge is 0.508 e. The summed E-state index contributed by atoms with van der Waals surface area (Å²) in [5, 5.41) is 12.7. The molecule has 0 aromatic heterocycles. The highest BCUT2D eigenvalue weighted by atomic mass is 16.3. The van der Waals surface area contributed by atoms with Crippen molar-refractivity contribution < 1.29 is 5.11 Å². The summed E-state index contributed by atoms with van der Waals surface area (Å²) >= 11 is 0. The van der Waals surface area contributed by atoms with Crippen molar-refractivity contribution >= 4 is 0 Å². The molecule has 1 rings (SSSR count). The number of benzene rings is 1. The zero-order valence-corrected chi connectivity index (χ0v) is 10.5. The zero-order valence-electron chi connectivity index (χ0n) is 10.5. The third-order valence-electron chi connectivity index (χ3n) is 2.80. The summed E-state index contributed by atoms with van der Waals surface area (Å²) in [5.41, 5.74) is 1.22. The van der Waals surface area contributed by atoms with E-state index in [9.17, 15) is 5.11 Å². The molecule has 0 saturated carbocycles. The van der Waals surface area contributed by atoms with Gasteiger partial charge in [-0.25, -0.2) is 0 Å². The van der Waals surface area contributed by atoms with Crippen LogP contribution < -0.4 is 5.32 Å². The second kappa shape index (κ2) is 6.54. The molecule has 1 aromatic rings. The molecule has 0 radical (unpaired) electrons. The number of aromatic hydroxyl groups is 1. The SMILES string of the molecule is CC(C)CCCNC(C)c1ccc(O)cc1.